The maximum atomic E-state index is 11.2. The fourth-order valence-corrected chi connectivity index (χ4v) is 4.31. The summed E-state index contributed by atoms with van der Waals surface area (Å²) < 4.78 is 11.4. The molecular formula is C17H16ClN5O4. The predicted octanol–water partition coefficient (Wildman–Crippen LogP) is 2.46. The Kier molecular flexibility index (Phi) is 4.35. The second kappa shape index (κ2) is 6.17. The number of ether oxygens (including phenoxy) is 2. The number of halogens is 1. The molecule has 1 aliphatic carbocycles. The molecule has 1 aromatic rings. The van der Waals surface area contributed by atoms with E-state index in [1.165, 1.54) is 18.2 Å². The topological polar surface area (TPSA) is 148 Å². The highest BCUT2D eigenvalue weighted by molar-refractivity contribution is 6.31. The lowest BCUT2D eigenvalue weighted by Gasteiger charge is -2.31. The summed E-state index contributed by atoms with van der Waals surface area (Å²) in [6.45, 7) is 3.69. The number of hydrogen-bond donors (Lipinski definition) is 1. The van der Waals surface area contributed by atoms with Gasteiger partial charge in [0.15, 0.2) is 5.41 Å². The first-order valence-corrected chi connectivity index (χ1v) is 8.59. The van der Waals surface area contributed by atoms with Crippen molar-refractivity contribution in [1.29, 1.82) is 10.5 Å². The summed E-state index contributed by atoms with van der Waals surface area (Å²) in [5.41, 5.74) is 2.97. The van der Waals surface area contributed by atoms with Gasteiger partial charge in [-0.2, -0.15) is 10.5 Å². The maximum Gasteiger partial charge on any atom is 0.293 e. The number of nitro groups is 1. The largest absolute Gasteiger partial charge is 0.386 e. The van der Waals surface area contributed by atoms with Gasteiger partial charge in [-0.25, -0.2) is 4.99 Å². The molecule has 0 amide bonds. The molecule has 2 aliphatic rings. The first-order valence-electron chi connectivity index (χ1n) is 8.21. The second-order valence-corrected chi connectivity index (χ2v) is 6.59. The Morgan fingerprint density at radius 3 is 2.44 bits per heavy atom. The molecule has 1 aromatic carbocycles. The fourth-order valence-electron chi connectivity index (χ4n) is 4.08. The minimum atomic E-state index is -1.79. The number of fused-ring (bicyclic) bond motifs is 1. The van der Waals surface area contributed by atoms with E-state index in [2.05, 4.69) is 17.1 Å². The maximum absolute atomic E-state index is 11.2. The van der Waals surface area contributed by atoms with Gasteiger partial charge in [-0.3, -0.25) is 10.1 Å². The highest BCUT2D eigenvalue weighted by Gasteiger charge is 2.94. The van der Waals surface area contributed by atoms with Crippen LogP contribution >= 0.6 is 11.6 Å². The predicted molar refractivity (Wildman–Crippen MR) is 94.5 cm³/mol. The van der Waals surface area contributed by atoms with E-state index in [1.807, 2.05) is 0 Å². The van der Waals surface area contributed by atoms with E-state index < -0.39 is 27.6 Å². The van der Waals surface area contributed by atoms with Crippen molar-refractivity contribution >= 4 is 23.1 Å². The molecule has 2 N–H and O–H groups in total. The van der Waals surface area contributed by atoms with E-state index in [1.54, 1.807) is 13.8 Å². The number of rotatable bonds is 6. The molecule has 0 spiro atoms. The van der Waals surface area contributed by atoms with Gasteiger partial charge in [-0.15, -0.1) is 0 Å². The molecule has 1 fully saturated rings. The van der Waals surface area contributed by atoms with Crippen molar-refractivity contribution < 1.29 is 14.4 Å². The van der Waals surface area contributed by atoms with Crippen LogP contribution < -0.4 is 5.73 Å². The van der Waals surface area contributed by atoms with Crippen LogP contribution in [0, 0.1) is 43.6 Å². The first kappa shape index (κ1) is 19.1. The van der Waals surface area contributed by atoms with Crippen LogP contribution in [0.2, 0.25) is 5.02 Å². The van der Waals surface area contributed by atoms with E-state index in [9.17, 15) is 20.6 Å². The zero-order chi connectivity index (χ0) is 20.0. The molecule has 3 unspecified atom stereocenters. The summed E-state index contributed by atoms with van der Waals surface area (Å²) in [7, 11) is 0. The molecule has 1 aliphatic heterocycles. The van der Waals surface area contributed by atoms with Crippen LogP contribution in [0.1, 0.15) is 25.3 Å². The third kappa shape index (κ3) is 2.07. The Balaban J connectivity index is 2.27. The van der Waals surface area contributed by atoms with Crippen LogP contribution in [0.5, 0.6) is 0 Å². The Labute approximate surface area is 160 Å². The van der Waals surface area contributed by atoms with E-state index in [0.29, 0.717) is 0 Å². The van der Waals surface area contributed by atoms with Gasteiger partial charge in [0, 0.05) is 36.3 Å². The van der Waals surface area contributed by atoms with E-state index in [0.717, 1.165) is 0 Å². The summed E-state index contributed by atoms with van der Waals surface area (Å²) >= 11 is 6.28. The summed E-state index contributed by atoms with van der Waals surface area (Å²) in [4.78, 5) is 14.8. The van der Waals surface area contributed by atoms with Gasteiger partial charge in [-0.05, 0) is 25.5 Å². The minimum Gasteiger partial charge on any atom is -0.386 e. The van der Waals surface area contributed by atoms with E-state index in [4.69, 9.17) is 26.8 Å². The molecule has 1 heterocycles. The molecule has 0 bridgehead atoms. The number of amidine groups is 1. The van der Waals surface area contributed by atoms with Gasteiger partial charge in [0.2, 0.25) is 0 Å². The van der Waals surface area contributed by atoms with Crippen molar-refractivity contribution in [3.63, 3.8) is 0 Å². The van der Waals surface area contributed by atoms with Gasteiger partial charge >= 0.3 is 0 Å². The molecule has 0 saturated heterocycles. The highest BCUT2D eigenvalue weighted by atomic mass is 35.5. The Hall–Kier alpha value is -2.72. The van der Waals surface area contributed by atoms with Crippen molar-refractivity contribution in [2.45, 2.75) is 25.7 Å². The van der Waals surface area contributed by atoms with Gasteiger partial charge in [0.1, 0.15) is 11.3 Å². The molecule has 0 radical (unpaired) electrons. The summed E-state index contributed by atoms with van der Waals surface area (Å²) in [5.74, 6) is -2.78. The smallest absolute Gasteiger partial charge is 0.293 e. The second-order valence-electron chi connectivity index (χ2n) is 6.18. The van der Waals surface area contributed by atoms with E-state index >= 15 is 0 Å². The van der Waals surface area contributed by atoms with Gasteiger partial charge in [0.05, 0.1) is 17.1 Å². The van der Waals surface area contributed by atoms with Crippen LogP contribution in [-0.2, 0) is 9.47 Å². The average Bonchev–Trinajstić information content (AvgIpc) is 3.20. The van der Waals surface area contributed by atoms with Crippen LogP contribution in [0.4, 0.5) is 5.69 Å². The van der Waals surface area contributed by atoms with Crippen LogP contribution in [-0.4, -0.2) is 29.9 Å². The lowest BCUT2D eigenvalue weighted by molar-refractivity contribution is -0.384. The third-order valence-electron chi connectivity index (χ3n) is 5.11. The van der Waals surface area contributed by atoms with Crippen LogP contribution in [0.25, 0.3) is 0 Å². The summed E-state index contributed by atoms with van der Waals surface area (Å²) in [6, 6.07) is 8.07. The molecule has 1 saturated carbocycles. The number of aliphatic imine (C=N–C) groups is 1. The number of benzene rings is 1. The molecule has 9 nitrogen and oxygen atoms in total. The molecule has 3 atom stereocenters. The Morgan fingerprint density at radius 1 is 1.33 bits per heavy atom. The third-order valence-corrected chi connectivity index (χ3v) is 5.45. The summed E-state index contributed by atoms with van der Waals surface area (Å²) in [6.07, 6.45) is 0. The van der Waals surface area contributed by atoms with Crippen molar-refractivity contribution in [3.8, 4) is 12.1 Å². The van der Waals surface area contributed by atoms with Crippen molar-refractivity contribution in [1.82, 2.24) is 0 Å². The molecule has 3 rings (SSSR count). The van der Waals surface area contributed by atoms with Crippen molar-refractivity contribution in [2.75, 3.05) is 13.2 Å². The van der Waals surface area contributed by atoms with Crippen LogP contribution in [0.15, 0.2) is 23.2 Å². The molecular weight excluding hydrogens is 374 g/mol. The highest BCUT2D eigenvalue weighted by Crippen LogP contribution is 2.82. The van der Waals surface area contributed by atoms with Crippen molar-refractivity contribution in [3.05, 3.63) is 38.9 Å². The van der Waals surface area contributed by atoms with Gasteiger partial charge in [-0.1, -0.05) is 11.6 Å². The zero-order valence-electron chi connectivity index (χ0n) is 14.6. The zero-order valence-corrected chi connectivity index (χ0v) is 15.4. The number of nitrogens with two attached hydrogens (primary N) is 1. The first-order chi connectivity index (χ1) is 12.8. The van der Waals surface area contributed by atoms with Gasteiger partial charge in [0.25, 0.3) is 11.6 Å². The van der Waals surface area contributed by atoms with Crippen LogP contribution in [0.3, 0.4) is 0 Å². The SMILES string of the molecule is CCOC1(OCC)N=C(N)C2(C#N)C(c3cc([N+](=O)[O-])ccc3Cl)C12C#N. The van der Waals surface area contributed by atoms with Crippen molar-refractivity contribution in [2.24, 2.45) is 21.6 Å². The lowest BCUT2D eigenvalue weighted by atomic mass is 9.93. The molecule has 27 heavy (non-hydrogen) atoms. The fraction of sp³-hybridized carbons (Fsp3) is 0.471. The average molecular weight is 390 g/mol. The number of hydrogen-bond acceptors (Lipinski definition) is 8. The van der Waals surface area contributed by atoms with Gasteiger partial charge < -0.3 is 15.2 Å². The quantitative estimate of drug-likeness (QED) is 0.446. The molecule has 140 valence electrons. The normalized spacial score (nSPS) is 30.0. The lowest BCUT2D eigenvalue weighted by Crippen LogP contribution is -2.43. The summed E-state index contributed by atoms with van der Waals surface area (Å²) in [5, 5.41) is 31.4. The Bertz CT molecular complexity index is 930. The standard InChI is InChI=1S/C17H16ClN5O4/c1-3-26-17(27-4-2)16(9-20)13(15(16,8-19)14(21)22-17)11-7-10(23(24)25)5-6-12(11)18/h5-7,13H,3-4H2,1-2H3,(H2,21,22). The monoisotopic (exact) mass is 389 g/mol. The number of nitrogens with zero attached hydrogens (tertiary/aromatic N) is 4. The molecule has 10 heteroatoms. The number of nitriles is 2. The minimum absolute atomic E-state index is 0.110. The molecule has 0 aromatic heterocycles. The number of nitro benzene ring substituents is 1. The number of non-ortho nitro benzene ring substituents is 1. The Morgan fingerprint density at radius 2 is 1.96 bits per heavy atom. The van der Waals surface area contributed by atoms with E-state index in [-0.39, 0.29) is 35.3 Å².